The predicted molar refractivity (Wildman–Crippen MR) is 214 cm³/mol. The van der Waals surface area contributed by atoms with Gasteiger partial charge in [0, 0.05) is 19.3 Å². The second kappa shape index (κ2) is 39.6. The van der Waals surface area contributed by atoms with Crippen molar-refractivity contribution in [1.29, 1.82) is 0 Å². The lowest BCUT2D eigenvalue weighted by Gasteiger charge is -2.18. The summed E-state index contributed by atoms with van der Waals surface area (Å²) >= 11 is 0. The fourth-order valence-electron chi connectivity index (χ4n) is 5.19. The Balaban J connectivity index is 4.42. The maximum atomic E-state index is 12.6. The van der Waals surface area contributed by atoms with Crippen molar-refractivity contribution in [2.24, 2.45) is 0 Å². The van der Waals surface area contributed by atoms with Crippen molar-refractivity contribution in [1.82, 2.24) is 0 Å². The molecule has 0 bridgehead atoms. The molecule has 0 spiro atoms. The van der Waals surface area contributed by atoms with E-state index < -0.39 is 6.10 Å². The van der Waals surface area contributed by atoms with Crippen LogP contribution in [0.25, 0.3) is 0 Å². The summed E-state index contributed by atoms with van der Waals surface area (Å²) in [5.41, 5.74) is 0. The van der Waals surface area contributed by atoms with Crippen molar-refractivity contribution in [3.8, 4) is 0 Å². The van der Waals surface area contributed by atoms with Crippen LogP contribution in [0.2, 0.25) is 0 Å². The summed E-state index contributed by atoms with van der Waals surface area (Å²) in [7, 11) is 0. The van der Waals surface area contributed by atoms with Crippen LogP contribution in [0.15, 0.2) is 72.9 Å². The molecule has 1 unspecified atom stereocenters. The summed E-state index contributed by atoms with van der Waals surface area (Å²) in [6.45, 7) is 6.24. The molecule has 6 nitrogen and oxygen atoms in total. The lowest BCUT2D eigenvalue weighted by atomic mass is 10.1. The monoisotopic (exact) mass is 711 g/mol. The van der Waals surface area contributed by atoms with Crippen molar-refractivity contribution in [2.45, 2.75) is 181 Å². The lowest BCUT2D eigenvalue weighted by Crippen LogP contribution is -2.30. The quantitative estimate of drug-likeness (QED) is 0.0214. The van der Waals surface area contributed by atoms with Gasteiger partial charge in [-0.05, 0) is 83.5 Å². The molecular formula is C45H74O6. The van der Waals surface area contributed by atoms with Gasteiger partial charge in [0.2, 0.25) is 0 Å². The van der Waals surface area contributed by atoms with Crippen LogP contribution in [-0.2, 0) is 28.6 Å². The van der Waals surface area contributed by atoms with Gasteiger partial charge in [-0.2, -0.15) is 0 Å². The normalized spacial score (nSPS) is 12.8. The molecule has 0 amide bonds. The Morgan fingerprint density at radius 2 is 0.882 bits per heavy atom. The Morgan fingerprint density at radius 1 is 0.431 bits per heavy atom. The summed E-state index contributed by atoms with van der Waals surface area (Å²) in [6, 6.07) is 0. The molecule has 0 fully saturated rings. The van der Waals surface area contributed by atoms with Crippen LogP contribution >= 0.6 is 0 Å². The number of rotatable bonds is 35. The Kier molecular flexibility index (Phi) is 37.2. The number of allylic oxidation sites excluding steroid dienone is 12. The summed E-state index contributed by atoms with van der Waals surface area (Å²) in [4.78, 5) is 37.4. The Morgan fingerprint density at radius 3 is 1.53 bits per heavy atom. The topological polar surface area (TPSA) is 78.9 Å². The molecule has 0 aromatic carbocycles. The maximum absolute atomic E-state index is 12.6. The number of esters is 3. The Hall–Kier alpha value is -3.15. The summed E-state index contributed by atoms with van der Waals surface area (Å²) < 4.78 is 16.5. The molecule has 0 rings (SSSR count). The third kappa shape index (κ3) is 37.9. The third-order valence-electron chi connectivity index (χ3n) is 8.24. The van der Waals surface area contributed by atoms with Gasteiger partial charge in [-0.25, -0.2) is 0 Å². The maximum Gasteiger partial charge on any atom is 0.306 e. The number of hydrogen-bond donors (Lipinski definition) is 0. The minimum Gasteiger partial charge on any atom is -0.462 e. The molecule has 0 heterocycles. The number of unbranched alkanes of at least 4 members (excludes halogenated alkanes) is 14. The third-order valence-corrected chi connectivity index (χ3v) is 8.24. The molecule has 0 aromatic rings. The first kappa shape index (κ1) is 47.8. The van der Waals surface area contributed by atoms with Gasteiger partial charge in [0.1, 0.15) is 13.2 Å². The SMILES string of the molecule is CC\C=C/C=C\C=C/CCCCCCCCCC(=O)OCC(COC(=O)CCC/C=C\CCCCCC)OC(=O)CCCC/C=C\C/C=C\CC. The molecule has 51 heavy (non-hydrogen) atoms. The second-order valence-electron chi connectivity index (χ2n) is 13.2. The molecule has 0 saturated carbocycles. The highest BCUT2D eigenvalue weighted by atomic mass is 16.6. The molecule has 290 valence electrons. The Bertz CT molecular complexity index is 1000. The molecule has 0 N–H and O–H groups in total. The van der Waals surface area contributed by atoms with E-state index in [2.05, 4.69) is 93.7 Å². The van der Waals surface area contributed by atoms with Gasteiger partial charge in [-0.15, -0.1) is 0 Å². The summed E-state index contributed by atoms with van der Waals surface area (Å²) in [5.74, 6) is -1.00. The highest BCUT2D eigenvalue weighted by Gasteiger charge is 2.19. The number of hydrogen-bond acceptors (Lipinski definition) is 6. The van der Waals surface area contributed by atoms with Crippen molar-refractivity contribution < 1.29 is 28.6 Å². The highest BCUT2D eigenvalue weighted by molar-refractivity contribution is 5.71. The summed E-state index contributed by atoms with van der Waals surface area (Å²) in [5, 5.41) is 0. The minimum atomic E-state index is -0.803. The average molecular weight is 711 g/mol. The van der Waals surface area contributed by atoms with Gasteiger partial charge in [0.05, 0.1) is 0 Å². The van der Waals surface area contributed by atoms with Crippen molar-refractivity contribution in [3.63, 3.8) is 0 Å². The highest BCUT2D eigenvalue weighted by Crippen LogP contribution is 2.12. The zero-order valence-electron chi connectivity index (χ0n) is 32.8. The van der Waals surface area contributed by atoms with Crippen LogP contribution in [0.5, 0.6) is 0 Å². The van der Waals surface area contributed by atoms with E-state index in [1.165, 1.54) is 51.4 Å². The van der Waals surface area contributed by atoms with E-state index >= 15 is 0 Å². The fraction of sp³-hybridized carbons (Fsp3) is 0.667. The first-order chi connectivity index (χ1) is 25.0. The van der Waals surface area contributed by atoms with E-state index in [1.807, 2.05) is 0 Å². The standard InChI is InChI=1S/C45H74O6/c1-4-7-10-13-16-19-20-21-22-23-24-27-29-32-35-38-44(47)50-41-42(51-45(48)39-36-33-30-26-18-15-12-9-6-3)40-49-43(46)37-34-31-28-25-17-14-11-8-5-2/h7,9-10,12-13,16,18-20,25-26,28,42H,4-6,8,11,14-15,17,21-24,27,29-41H2,1-3H3/b10-7-,12-9-,16-13-,20-19-,26-18-,28-25-. The predicted octanol–water partition coefficient (Wildman–Crippen LogP) is 12.7. The summed E-state index contributed by atoms with van der Waals surface area (Å²) in [6.07, 6.45) is 47.6. The van der Waals surface area contributed by atoms with Crippen LogP contribution in [-0.4, -0.2) is 37.2 Å². The molecule has 0 aromatic heterocycles. The molecule has 6 heteroatoms. The van der Waals surface area contributed by atoms with Crippen LogP contribution in [0.1, 0.15) is 175 Å². The second-order valence-corrected chi connectivity index (χ2v) is 13.2. The van der Waals surface area contributed by atoms with Gasteiger partial charge in [-0.3, -0.25) is 14.4 Å². The van der Waals surface area contributed by atoms with Gasteiger partial charge in [0.25, 0.3) is 0 Å². The van der Waals surface area contributed by atoms with Gasteiger partial charge in [-0.1, -0.05) is 145 Å². The van der Waals surface area contributed by atoms with E-state index in [-0.39, 0.29) is 37.5 Å². The first-order valence-electron chi connectivity index (χ1n) is 20.5. The van der Waals surface area contributed by atoms with Gasteiger partial charge in [0.15, 0.2) is 6.10 Å². The van der Waals surface area contributed by atoms with Crippen LogP contribution in [0.3, 0.4) is 0 Å². The molecular weight excluding hydrogens is 636 g/mol. The smallest absolute Gasteiger partial charge is 0.306 e. The van der Waals surface area contributed by atoms with E-state index in [0.717, 1.165) is 70.6 Å². The van der Waals surface area contributed by atoms with E-state index in [4.69, 9.17) is 14.2 Å². The zero-order chi connectivity index (χ0) is 37.3. The number of ether oxygens (including phenoxy) is 3. The van der Waals surface area contributed by atoms with Gasteiger partial charge >= 0.3 is 17.9 Å². The minimum absolute atomic E-state index is 0.105. The molecule has 0 aliphatic heterocycles. The first-order valence-corrected chi connectivity index (χ1v) is 20.5. The van der Waals surface area contributed by atoms with E-state index in [1.54, 1.807) is 0 Å². The van der Waals surface area contributed by atoms with Crippen LogP contribution in [0, 0.1) is 0 Å². The molecule has 0 aliphatic carbocycles. The molecule has 0 aliphatic rings. The number of carbonyl (C=O) groups is 3. The van der Waals surface area contributed by atoms with E-state index in [0.29, 0.717) is 25.7 Å². The average Bonchev–Trinajstić information content (AvgIpc) is 3.12. The van der Waals surface area contributed by atoms with Crippen LogP contribution < -0.4 is 0 Å². The van der Waals surface area contributed by atoms with Crippen molar-refractivity contribution in [3.05, 3.63) is 72.9 Å². The molecule has 0 radical (unpaired) electrons. The van der Waals surface area contributed by atoms with Crippen LogP contribution in [0.4, 0.5) is 0 Å². The lowest BCUT2D eigenvalue weighted by molar-refractivity contribution is -0.167. The van der Waals surface area contributed by atoms with Crippen molar-refractivity contribution in [2.75, 3.05) is 13.2 Å². The largest absolute Gasteiger partial charge is 0.462 e. The van der Waals surface area contributed by atoms with Crippen molar-refractivity contribution >= 4 is 17.9 Å². The van der Waals surface area contributed by atoms with Gasteiger partial charge < -0.3 is 14.2 Å². The number of carbonyl (C=O) groups excluding carboxylic acids is 3. The Labute approximate surface area is 312 Å². The fourth-order valence-corrected chi connectivity index (χ4v) is 5.19. The molecule has 0 saturated heterocycles. The molecule has 1 atom stereocenters. The van der Waals surface area contributed by atoms with E-state index in [9.17, 15) is 14.4 Å². The zero-order valence-corrected chi connectivity index (χ0v) is 32.8.